The van der Waals surface area contributed by atoms with E-state index in [4.69, 9.17) is 19.9 Å². The summed E-state index contributed by atoms with van der Waals surface area (Å²) in [5, 5.41) is 14.4. The van der Waals surface area contributed by atoms with Crippen LogP contribution in [0.3, 0.4) is 0 Å². The Bertz CT molecular complexity index is 3580. The Morgan fingerprint density at radius 1 is 0.304 bits per heavy atom. The molecule has 13 rings (SSSR count). The number of benzene rings is 8. The van der Waals surface area contributed by atoms with Gasteiger partial charge in [-0.15, -0.1) is 22.1 Å². The van der Waals surface area contributed by atoms with Crippen molar-refractivity contribution >= 4 is 86.7 Å². The second-order valence-corrected chi connectivity index (χ2v) is 19.1. The third kappa shape index (κ3) is 6.80. The minimum Gasteiger partial charge on any atom is -0.656 e. The average molecular weight is 984 g/mol. The molecule has 2 aliphatic heterocycles. The van der Waals surface area contributed by atoms with Crippen LogP contribution in [0.2, 0.25) is 0 Å². The summed E-state index contributed by atoms with van der Waals surface area (Å²) in [5.74, 6) is 0. The largest absolute Gasteiger partial charge is 2.00 e. The van der Waals surface area contributed by atoms with Crippen molar-refractivity contribution in [2.45, 2.75) is 79.1 Å². The molecule has 0 atom stereocenters. The molecule has 3 aromatic heterocycles. The monoisotopic (exact) mass is 982 g/mol. The van der Waals surface area contributed by atoms with Gasteiger partial charge in [0.25, 0.3) is 0 Å². The molecule has 4 nitrogen and oxygen atoms in total. The number of rotatable bonds is 8. The molecule has 8 aromatic carbocycles. The maximum atomic E-state index is 5.97. The van der Waals surface area contributed by atoms with E-state index in [1.165, 1.54) is 109 Å². The predicted octanol–water partition coefficient (Wildman–Crippen LogP) is 17.0. The molecular weight excluding hydrogens is 931 g/mol. The van der Waals surface area contributed by atoms with Gasteiger partial charge in [-0.2, -0.15) is 0 Å². The minimum atomic E-state index is 0. The molecule has 338 valence electrons. The third-order valence-electron chi connectivity index (χ3n) is 14.8. The molecule has 0 radical (unpaired) electrons. The Kier molecular flexibility index (Phi) is 10.8. The predicted molar refractivity (Wildman–Crippen MR) is 289 cm³/mol. The average Bonchev–Trinajstić information content (AvgIpc) is 4.13. The van der Waals surface area contributed by atoms with Crippen LogP contribution in [0.15, 0.2) is 146 Å². The normalized spacial score (nSPS) is 12.1. The first-order valence-corrected chi connectivity index (χ1v) is 25.0. The molecule has 8 bridgehead atoms. The number of nitrogens with zero attached hydrogens (tertiary/aromatic N) is 4. The van der Waals surface area contributed by atoms with Gasteiger partial charge in [0.1, 0.15) is 0 Å². The van der Waals surface area contributed by atoms with Gasteiger partial charge in [-0.05, 0) is 161 Å². The fraction of sp³-hybridized carbons (Fsp3) is 0.188. The minimum absolute atomic E-state index is 0. The molecule has 2 aliphatic rings. The van der Waals surface area contributed by atoms with E-state index in [0.29, 0.717) is 0 Å². The van der Waals surface area contributed by atoms with E-state index in [2.05, 4.69) is 173 Å². The van der Waals surface area contributed by atoms with Crippen LogP contribution in [0, 0.1) is 0 Å². The molecule has 0 saturated carbocycles. The van der Waals surface area contributed by atoms with Gasteiger partial charge < -0.3 is 9.97 Å². The molecule has 0 unspecified atom stereocenters. The van der Waals surface area contributed by atoms with Crippen LogP contribution in [0.25, 0.3) is 132 Å². The summed E-state index contributed by atoms with van der Waals surface area (Å²) in [6, 6.07) is 54.3. The van der Waals surface area contributed by atoms with Gasteiger partial charge in [0.05, 0.1) is 22.8 Å². The van der Waals surface area contributed by atoms with Gasteiger partial charge in [-0.1, -0.05) is 150 Å². The van der Waals surface area contributed by atoms with Gasteiger partial charge in [0, 0.05) is 22.3 Å². The van der Waals surface area contributed by atoms with E-state index in [0.717, 1.165) is 96.2 Å². The van der Waals surface area contributed by atoms with E-state index < -0.39 is 0 Å². The Balaban J connectivity index is 0.00000492. The Morgan fingerprint density at radius 2 is 0.507 bits per heavy atom. The maximum absolute atomic E-state index is 5.97. The van der Waals surface area contributed by atoms with E-state index in [1.807, 2.05) is 0 Å². The second-order valence-electron chi connectivity index (χ2n) is 19.1. The molecule has 5 heterocycles. The molecule has 0 N–H and O–H groups in total. The van der Waals surface area contributed by atoms with Crippen molar-refractivity contribution in [1.82, 2.24) is 19.9 Å². The first kappa shape index (κ1) is 43.4. The van der Waals surface area contributed by atoms with Crippen molar-refractivity contribution in [2.75, 3.05) is 0 Å². The van der Waals surface area contributed by atoms with E-state index in [-0.39, 0.29) is 20.4 Å². The van der Waals surface area contributed by atoms with Gasteiger partial charge >= 0.3 is 20.4 Å². The van der Waals surface area contributed by atoms with Gasteiger partial charge in [-0.25, -0.2) is 9.97 Å². The maximum Gasteiger partial charge on any atom is 2.00 e. The number of hydrogen-bond acceptors (Lipinski definition) is 2. The van der Waals surface area contributed by atoms with Crippen LogP contribution in [0.4, 0.5) is 0 Å². The van der Waals surface area contributed by atoms with E-state index in [9.17, 15) is 0 Å². The third-order valence-corrected chi connectivity index (χ3v) is 14.8. The van der Waals surface area contributed by atoms with Crippen molar-refractivity contribution in [3.8, 4) is 45.0 Å². The van der Waals surface area contributed by atoms with Crippen LogP contribution < -0.4 is 9.97 Å². The molecule has 0 aliphatic carbocycles. The van der Waals surface area contributed by atoms with Crippen LogP contribution in [0.1, 0.15) is 75.6 Å². The number of aryl methyl sites for hydroxylation is 4. The fourth-order valence-corrected chi connectivity index (χ4v) is 11.7. The zero-order valence-electron chi connectivity index (χ0n) is 39.6. The first-order chi connectivity index (χ1) is 33.5. The number of hydrogen-bond donors (Lipinski definition) is 0. The first-order valence-electron chi connectivity index (χ1n) is 25.0. The standard InChI is InChI=1S/C64H52N4.Pd/c1-5-17-45-57-49-29-37-21-9-11-23-39(37)31-51(49)59(65-57)46(18-6-2)61-53-33-41-25-13-15-27-43(41)35-55(53)63(67-61)48(20-8-4)64-56-36-44-28-16-14-26-42(44)34-54(56)62(68-64)47(19-7-3)60-52-32-40-24-12-10-22-38(40)30-50(52)58(45)66-60;/h9-16,21-36H,5-8,17-20H2,1-4H3;/q-2;+2. The Morgan fingerprint density at radius 3 is 0.710 bits per heavy atom. The number of aromatic nitrogens is 4. The zero-order valence-corrected chi connectivity index (χ0v) is 41.2. The summed E-state index contributed by atoms with van der Waals surface area (Å²) >= 11 is 0. The van der Waals surface area contributed by atoms with Crippen molar-refractivity contribution in [3.63, 3.8) is 0 Å². The van der Waals surface area contributed by atoms with E-state index >= 15 is 0 Å². The Hall–Kier alpha value is -6.90. The van der Waals surface area contributed by atoms with Gasteiger partial charge in [0.2, 0.25) is 0 Å². The molecule has 69 heavy (non-hydrogen) atoms. The fourth-order valence-electron chi connectivity index (χ4n) is 11.7. The molecule has 0 fully saturated rings. The van der Waals surface area contributed by atoms with Crippen LogP contribution in [0.5, 0.6) is 0 Å². The summed E-state index contributed by atoms with van der Waals surface area (Å²) in [7, 11) is 0. The second kappa shape index (κ2) is 17.3. The SMILES string of the molecule is CCCc1c2nc(c(CCC)c3[n-]c(c(CCC)c4nc(c(CCC)c5[n-]c1c1cc6ccccc6cc51)-c1cc5ccccc5cc1-4)c1cc4ccccc4cc31)-c1cc3ccccc3cc1-2.[Pd+2]. The van der Waals surface area contributed by atoms with Crippen LogP contribution >= 0.6 is 0 Å². The molecule has 0 spiro atoms. The zero-order chi connectivity index (χ0) is 45.6. The summed E-state index contributed by atoms with van der Waals surface area (Å²) < 4.78 is 0. The summed E-state index contributed by atoms with van der Waals surface area (Å²) in [4.78, 5) is 23.9. The van der Waals surface area contributed by atoms with Gasteiger partial charge in [0.15, 0.2) is 0 Å². The smallest absolute Gasteiger partial charge is 0.656 e. The topological polar surface area (TPSA) is 54.0 Å². The molecule has 5 heteroatoms. The quantitative estimate of drug-likeness (QED) is 0.142. The van der Waals surface area contributed by atoms with Crippen molar-refractivity contribution < 1.29 is 20.4 Å². The van der Waals surface area contributed by atoms with Crippen molar-refractivity contribution in [3.05, 3.63) is 168 Å². The molecule has 0 amide bonds. The molecular formula is C64H52N4Pd. The molecule has 11 aromatic rings. The van der Waals surface area contributed by atoms with E-state index in [1.54, 1.807) is 0 Å². The molecule has 0 saturated heterocycles. The summed E-state index contributed by atoms with van der Waals surface area (Å²) in [6.45, 7) is 9.17. The van der Waals surface area contributed by atoms with Crippen molar-refractivity contribution in [2.24, 2.45) is 0 Å². The van der Waals surface area contributed by atoms with Crippen LogP contribution in [-0.2, 0) is 46.1 Å². The van der Waals surface area contributed by atoms with Crippen molar-refractivity contribution in [1.29, 1.82) is 0 Å². The Labute approximate surface area is 416 Å². The number of fused-ring (bicyclic) bond motifs is 24. The summed E-state index contributed by atoms with van der Waals surface area (Å²) in [6.07, 6.45) is 7.14. The summed E-state index contributed by atoms with van der Waals surface area (Å²) in [5.41, 5.74) is 17.8. The van der Waals surface area contributed by atoms with Crippen LogP contribution in [-0.4, -0.2) is 9.97 Å². The van der Waals surface area contributed by atoms with Gasteiger partial charge in [-0.3, -0.25) is 0 Å².